The topological polar surface area (TPSA) is 75.5 Å². The lowest BCUT2D eigenvalue weighted by Gasteiger charge is -2.30. The summed E-state index contributed by atoms with van der Waals surface area (Å²) in [7, 11) is 0. The summed E-state index contributed by atoms with van der Waals surface area (Å²) in [5.41, 5.74) is 1.81. The molecule has 0 aliphatic carbocycles. The highest BCUT2D eigenvalue weighted by Crippen LogP contribution is 2.22. The van der Waals surface area contributed by atoms with E-state index in [1.54, 1.807) is 19.1 Å². The van der Waals surface area contributed by atoms with E-state index in [-0.39, 0.29) is 17.6 Å². The summed E-state index contributed by atoms with van der Waals surface area (Å²) >= 11 is 0. The predicted octanol–water partition coefficient (Wildman–Crippen LogP) is 3.72. The van der Waals surface area contributed by atoms with Crippen LogP contribution in [0.4, 0.5) is 5.69 Å². The minimum atomic E-state index is -0.464. The fourth-order valence-corrected chi connectivity index (χ4v) is 3.15. The number of hydrogen-bond donors (Lipinski definition) is 1. The smallest absolute Gasteiger partial charge is 0.273 e. The van der Waals surface area contributed by atoms with Gasteiger partial charge in [-0.3, -0.25) is 19.8 Å². The normalized spacial score (nSPS) is 12.0. The number of nitro groups is 1. The van der Waals surface area contributed by atoms with E-state index >= 15 is 0 Å². The van der Waals surface area contributed by atoms with Crippen molar-refractivity contribution >= 4 is 11.6 Å². The molecule has 6 nitrogen and oxygen atoms in total. The van der Waals surface area contributed by atoms with E-state index in [4.69, 9.17) is 0 Å². The van der Waals surface area contributed by atoms with Gasteiger partial charge in [0.25, 0.3) is 11.6 Å². The molecule has 26 heavy (non-hydrogen) atoms. The lowest BCUT2D eigenvalue weighted by Crippen LogP contribution is -2.38. The van der Waals surface area contributed by atoms with Gasteiger partial charge >= 0.3 is 0 Å². The molecule has 0 spiro atoms. The van der Waals surface area contributed by atoms with Gasteiger partial charge in [-0.2, -0.15) is 0 Å². The Hall–Kier alpha value is -2.73. The van der Waals surface area contributed by atoms with E-state index in [2.05, 4.69) is 24.1 Å². The van der Waals surface area contributed by atoms with Crippen molar-refractivity contribution in [2.45, 2.75) is 26.8 Å². The van der Waals surface area contributed by atoms with Crippen LogP contribution >= 0.6 is 0 Å². The summed E-state index contributed by atoms with van der Waals surface area (Å²) < 4.78 is 0. The first kappa shape index (κ1) is 19.6. The summed E-state index contributed by atoms with van der Waals surface area (Å²) in [4.78, 5) is 25.5. The zero-order chi connectivity index (χ0) is 19.1. The monoisotopic (exact) mass is 355 g/mol. The number of rotatable bonds is 8. The number of benzene rings is 2. The molecule has 6 heteroatoms. The molecule has 1 amide bonds. The Kier molecular flexibility index (Phi) is 6.86. The number of nitrogens with one attached hydrogen (secondary N) is 1. The molecule has 0 saturated heterocycles. The van der Waals surface area contributed by atoms with Gasteiger partial charge in [0.15, 0.2) is 0 Å². The summed E-state index contributed by atoms with van der Waals surface area (Å²) in [6.45, 7) is 7.94. The lowest BCUT2D eigenvalue weighted by molar-refractivity contribution is -0.385. The maximum Gasteiger partial charge on any atom is 0.273 e. The molecule has 2 rings (SSSR count). The Morgan fingerprint density at radius 2 is 1.77 bits per heavy atom. The third-order valence-electron chi connectivity index (χ3n) is 4.64. The van der Waals surface area contributed by atoms with Crippen LogP contribution in [0.1, 0.15) is 41.4 Å². The second-order valence-corrected chi connectivity index (χ2v) is 6.06. The standard InChI is InChI=1S/C20H25N3O3/c1-4-22(5-2)19(16-10-7-6-8-11-16)14-21-20(24)17-12-9-13-18(15(17)3)23(25)26/h6-13,19H,4-5,14H2,1-3H3,(H,21,24). The maximum absolute atomic E-state index is 12.6. The molecule has 0 bridgehead atoms. The maximum atomic E-state index is 12.6. The second kappa shape index (κ2) is 9.10. The van der Waals surface area contributed by atoms with E-state index in [9.17, 15) is 14.9 Å². The van der Waals surface area contributed by atoms with Crippen molar-refractivity contribution in [3.8, 4) is 0 Å². The van der Waals surface area contributed by atoms with Crippen LogP contribution in [0.5, 0.6) is 0 Å². The molecule has 1 atom stereocenters. The molecule has 138 valence electrons. The Bertz CT molecular complexity index is 758. The fourth-order valence-electron chi connectivity index (χ4n) is 3.15. The van der Waals surface area contributed by atoms with Crippen LogP contribution in [0.2, 0.25) is 0 Å². The molecule has 0 radical (unpaired) electrons. The van der Waals surface area contributed by atoms with Crippen molar-refractivity contribution in [1.82, 2.24) is 10.2 Å². The molecule has 1 unspecified atom stereocenters. The van der Waals surface area contributed by atoms with Gasteiger partial charge in [-0.25, -0.2) is 0 Å². The molecular formula is C20H25N3O3. The van der Waals surface area contributed by atoms with Gasteiger partial charge in [0.05, 0.1) is 11.0 Å². The number of nitro benzene ring substituents is 1. The van der Waals surface area contributed by atoms with Gasteiger partial charge in [0, 0.05) is 23.7 Å². The summed E-state index contributed by atoms with van der Waals surface area (Å²) in [6, 6.07) is 14.7. The minimum Gasteiger partial charge on any atom is -0.350 e. The first-order valence-corrected chi connectivity index (χ1v) is 8.80. The molecule has 0 aliphatic heterocycles. The third kappa shape index (κ3) is 4.46. The van der Waals surface area contributed by atoms with Gasteiger partial charge in [0.1, 0.15) is 0 Å². The Morgan fingerprint density at radius 3 is 2.35 bits per heavy atom. The molecule has 1 N–H and O–H groups in total. The van der Waals surface area contributed by atoms with Crippen molar-refractivity contribution in [3.05, 3.63) is 75.3 Å². The Morgan fingerprint density at radius 1 is 1.12 bits per heavy atom. The molecule has 2 aromatic carbocycles. The highest BCUT2D eigenvalue weighted by molar-refractivity contribution is 5.96. The van der Waals surface area contributed by atoms with Crippen LogP contribution in [0.25, 0.3) is 0 Å². The van der Waals surface area contributed by atoms with Gasteiger partial charge in [-0.05, 0) is 31.6 Å². The minimum absolute atomic E-state index is 0.0407. The number of amides is 1. The van der Waals surface area contributed by atoms with Crippen LogP contribution in [-0.4, -0.2) is 35.4 Å². The molecular weight excluding hydrogens is 330 g/mol. The number of carbonyl (C=O) groups is 1. The fraction of sp³-hybridized carbons (Fsp3) is 0.350. The third-order valence-corrected chi connectivity index (χ3v) is 4.64. The average molecular weight is 355 g/mol. The van der Waals surface area contributed by atoms with Crippen molar-refractivity contribution in [2.75, 3.05) is 19.6 Å². The van der Waals surface area contributed by atoms with E-state index < -0.39 is 4.92 Å². The Labute approximate surface area is 154 Å². The van der Waals surface area contributed by atoms with Gasteiger partial charge in [0.2, 0.25) is 0 Å². The average Bonchev–Trinajstić information content (AvgIpc) is 2.65. The van der Waals surface area contributed by atoms with E-state index in [1.165, 1.54) is 6.07 Å². The van der Waals surface area contributed by atoms with Crippen molar-refractivity contribution < 1.29 is 9.72 Å². The second-order valence-electron chi connectivity index (χ2n) is 6.06. The van der Waals surface area contributed by atoms with Gasteiger partial charge < -0.3 is 5.32 Å². The summed E-state index contributed by atoms with van der Waals surface area (Å²) in [5, 5.41) is 14.0. The van der Waals surface area contributed by atoms with Crippen molar-refractivity contribution in [3.63, 3.8) is 0 Å². The van der Waals surface area contributed by atoms with Crippen LogP contribution < -0.4 is 5.32 Å². The number of carbonyl (C=O) groups excluding carboxylic acids is 1. The lowest BCUT2D eigenvalue weighted by atomic mass is 10.0. The number of hydrogen-bond acceptors (Lipinski definition) is 4. The summed E-state index contributed by atoms with van der Waals surface area (Å²) in [6.07, 6.45) is 0. The van der Waals surface area contributed by atoms with Crippen LogP contribution in [0.3, 0.4) is 0 Å². The quantitative estimate of drug-likeness (QED) is 0.578. The van der Waals surface area contributed by atoms with Crippen LogP contribution in [-0.2, 0) is 0 Å². The van der Waals surface area contributed by atoms with Gasteiger partial charge in [-0.1, -0.05) is 50.2 Å². The Balaban J connectivity index is 2.20. The highest BCUT2D eigenvalue weighted by atomic mass is 16.6. The van der Waals surface area contributed by atoms with Crippen LogP contribution in [0.15, 0.2) is 48.5 Å². The predicted molar refractivity (Wildman–Crippen MR) is 102 cm³/mol. The SMILES string of the molecule is CCN(CC)C(CNC(=O)c1cccc([N+](=O)[O-])c1C)c1ccccc1. The van der Waals surface area contributed by atoms with Crippen LogP contribution in [0, 0.1) is 17.0 Å². The number of nitrogens with zero attached hydrogens (tertiary/aromatic N) is 2. The van der Waals surface area contributed by atoms with Gasteiger partial charge in [-0.15, -0.1) is 0 Å². The van der Waals surface area contributed by atoms with E-state index in [0.29, 0.717) is 17.7 Å². The number of likely N-dealkylation sites (N-methyl/N-ethyl adjacent to an activating group) is 1. The first-order valence-electron chi connectivity index (χ1n) is 8.80. The van der Waals surface area contributed by atoms with E-state index in [0.717, 1.165) is 18.7 Å². The molecule has 0 heterocycles. The first-order chi connectivity index (χ1) is 12.5. The molecule has 0 fully saturated rings. The molecule has 0 aliphatic rings. The van der Waals surface area contributed by atoms with Crippen molar-refractivity contribution in [2.24, 2.45) is 0 Å². The molecule has 0 saturated carbocycles. The summed E-state index contributed by atoms with van der Waals surface area (Å²) in [5.74, 6) is -0.292. The zero-order valence-corrected chi connectivity index (χ0v) is 15.4. The zero-order valence-electron chi connectivity index (χ0n) is 15.4. The largest absolute Gasteiger partial charge is 0.350 e. The highest BCUT2D eigenvalue weighted by Gasteiger charge is 2.21. The molecule has 2 aromatic rings. The molecule has 0 aromatic heterocycles. The van der Waals surface area contributed by atoms with Crippen molar-refractivity contribution in [1.29, 1.82) is 0 Å². The van der Waals surface area contributed by atoms with E-state index in [1.807, 2.05) is 30.3 Å².